The molecule has 0 aliphatic rings. The van der Waals surface area contributed by atoms with Gasteiger partial charge >= 0.3 is 0 Å². The van der Waals surface area contributed by atoms with Gasteiger partial charge in [-0.2, -0.15) is 0 Å². The summed E-state index contributed by atoms with van der Waals surface area (Å²) in [7, 11) is 3.90. The number of aryl methyl sites for hydroxylation is 3. The van der Waals surface area contributed by atoms with E-state index in [1.165, 1.54) is 23.3 Å². The van der Waals surface area contributed by atoms with Crippen LogP contribution in [0.15, 0.2) is 46.4 Å². The molecule has 0 N–H and O–H groups in total. The Kier molecular flexibility index (Phi) is 6.91. The Balaban J connectivity index is 1.94. The van der Waals surface area contributed by atoms with Crippen LogP contribution in [-0.2, 0) is 0 Å². The van der Waals surface area contributed by atoms with Crippen molar-refractivity contribution in [2.75, 3.05) is 14.1 Å². The number of benzene rings is 2. The van der Waals surface area contributed by atoms with E-state index in [9.17, 15) is 0 Å². The van der Waals surface area contributed by atoms with Gasteiger partial charge in [0.1, 0.15) is 12.7 Å². The highest BCUT2D eigenvalue weighted by molar-refractivity contribution is 7.95. The molecule has 6 heteroatoms. The van der Waals surface area contributed by atoms with E-state index in [1.54, 1.807) is 12.7 Å². The van der Waals surface area contributed by atoms with Crippen molar-refractivity contribution in [1.29, 1.82) is 0 Å². The molecule has 0 radical (unpaired) electrons. The van der Waals surface area contributed by atoms with Gasteiger partial charge in [-0.15, -0.1) is 0 Å². The van der Waals surface area contributed by atoms with Crippen LogP contribution >= 0.6 is 23.7 Å². The lowest BCUT2D eigenvalue weighted by molar-refractivity contribution is 0.779. The molecule has 0 fully saturated rings. The van der Waals surface area contributed by atoms with Gasteiger partial charge in [0, 0.05) is 19.1 Å². The molecule has 0 bridgehead atoms. The Morgan fingerprint density at radius 3 is 1.88 bits per heavy atom. The number of hydrogen-bond acceptors (Lipinski definition) is 3. The minimum absolute atomic E-state index is 0.724. The third-order valence-electron chi connectivity index (χ3n) is 3.49. The fourth-order valence-corrected chi connectivity index (χ4v) is 3.06. The van der Waals surface area contributed by atoms with Crippen LogP contribution in [-0.4, -0.2) is 35.4 Å². The van der Waals surface area contributed by atoms with Crippen LogP contribution in [0.2, 0.25) is 5.02 Å². The molecule has 0 saturated carbocycles. The molecular weight excluding hydrogens is 352 g/mol. The lowest BCUT2D eigenvalue weighted by Crippen LogP contribution is -2.16. The molecule has 0 aliphatic carbocycles. The second-order valence-corrected chi connectivity index (χ2v) is 7.64. The predicted molar refractivity (Wildman–Crippen MR) is 112 cm³/mol. The van der Waals surface area contributed by atoms with Gasteiger partial charge in [0.2, 0.25) is 0 Å². The van der Waals surface area contributed by atoms with Crippen LogP contribution < -0.4 is 0 Å². The average molecular weight is 375 g/mol. The Morgan fingerprint density at radius 1 is 0.840 bits per heavy atom. The van der Waals surface area contributed by atoms with Crippen molar-refractivity contribution in [2.24, 2.45) is 9.98 Å². The lowest BCUT2D eigenvalue weighted by Gasteiger charge is -2.18. The van der Waals surface area contributed by atoms with Gasteiger partial charge in [-0.1, -0.05) is 29.3 Å². The Hall–Kier alpha value is -1.98. The first-order valence-electron chi connectivity index (χ1n) is 7.90. The maximum Gasteiger partial charge on any atom is 0.102 e. The van der Waals surface area contributed by atoms with E-state index in [4.69, 9.17) is 11.6 Å². The molecule has 25 heavy (non-hydrogen) atoms. The van der Waals surface area contributed by atoms with Gasteiger partial charge in [0.05, 0.1) is 23.5 Å². The first-order chi connectivity index (χ1) is 11.8. The van der Waals surface area contributed by atoms with E-state index >= 15 is 0 Å². The quantitative estimate of drug-likeness (QED) is 0.368. The van der Waals surface area contributed by atoms with E-state index in [-0.39, 0.29) is 0 Å². The molecule has 0 atom stereocenters. The van der Waals surface area contributed by atoms with E-state index in [0.717, 1.165) is 22.0 Å². The van der Waals surface area contributed by atoms with Crippen LogP contribution in [0.3, 0.4) is 0 Å². The second-order valence-electron chi connectivity index (χ2n) is 5.88. The minimum Gasteiger partial charge on any atom is -0.292 e. The van der Waals surface area contributed by atoms with Crippen molar-refractivity contribution in [3.05, 3.63) is 58.1 Å². The number of rotatable bonds is 6. The van der Waals surface area contributed by atoms with Crippen LogP contribution in [0.5, 0.6) is 0 Å². The van der Waals surface area contributed by atoms with E-state index in [2.05, 4.69) is 36.0 Å². The summed E-state index contributed by atoms with van der Waals surface area (Å²) in [6.07, 6.45) is 3.59. The molecule has 2 aromatic carbocycles. The molecule has 0 heterocycles. The monoisotopic (exact) mass is 374 g/mol. The van der Waals surface area contributed by atoms with E-state index in [1.807, 2.05) is 53.9 Å². The maximum atomic E-state index is 5.97. The molecule has 2 aromatic rings. The summed E-state index contributed by atoms with van der Waals surface area (Å²) in [6, 6.07) is 11.9. The zero-order valence-corrected chi connectivity index (χ0v) is 16.8. The van der Waals surface area contributed by atoms with Crippen molar-refractivity contribution < 1.29 is 0 Å². The topological polar surface area (TPSA) is 31.2 Å². The predicted octanol–water partition coefficient (Wildman–Crippen LogP) is 5.71. The summed E-state index contributed by atoms with van der Waals surface area (Å²) >= 11 is 7.46. The molecule has 0 saturated heterocycles. The number of hydrogen-bond donors (Lipinski definition) is 0. The maximum absolute atomic E-state index is 5.97. The van der Waals surface area contributed by atoms with Gasteiger partial charge in [0.15, 0.2) is 0 Å². The molecule has 0 aliphatic heterocycles. The van der Waals surface area contributed by atoms with Crippen LogP contribution in [0.1, 0.15) is 16.7 Å². The van der Waals surface area contributed by atoms with Crippen molar-refractivity contribution in [3.63, 3.8) is 0 Å². The highest BCUT2D eigenvalue weighted by atomic mass is 35.5. The second kappa shape index (κ2) is 8.92. The first kappa shape index (κ1) is 19.3. The lowest BCUT2D eigenvalue weighted by atomic mass is 10.1. The van der Waals surface area contributed by atoms with Crippen molar-refractivity contribution in [2.45, 2.75) is 20.8 Å². The number of nitrogens with zero attached hydrogens (tertiary/aromatic N) is 4. The van der Waals surface area contributed by atoms with Gasteiger partial charge in [-0.05, 0) is 56.2 Å². The minimum atomic E-state index is 0.724. The molecule has 4 nitrogen and oxygen atoms in total. The molecule has 0 amide bonds. The van der Waals surface area contributed by atoms with Crippen LogP contribution in [0.4, 0.5) is 11.4 Å². The van der Waals surface area contributed by atoms with Gasteiger partial charge in [-0.3, -0.25) is 8.61 Å². The summed E-state index contributed by atoms with van der Waals surface area (Å²) < 4.78 is 3.85. The fourth-order valence-electron chi connectivity index (χ4n) is 2.25. The largest absolute Gasteiger partial charge is 0.292 e. The van der Waals surface area contributed by atoms with Crippen molar-refractivity contribution >= 4 is 47.8 Å². The zero-order valence-electron chi connectivity index (χ0n) is 15.2. The standard InChI is InChI=1S/C19H23ClN4S/c1-14-6-8-18(15(2)10-14)21-12-23(4)25-24(5)13-22-19-9-7-17(20)11-16(19)3/h6-13H,1-5H3. The van der Waals surface area contributed by atoms with Gasteiger partial charge in [-0.25, -0.2) is 9.98 Å². The molecule has 0 unspecified atom stereocenters. The van der Waals surface area contributed by atoms with E-state index in [0.29, 0.717) is 0 Å². The molecule has 2 rings (SSSR count). The normalized spacial score (nSPS) is 11.4. The Morgan fingerprint density at radius 2 is 1.36 bits per heavy atom. The van der Waals surface area contributed by atoms with Crippen molar-refractivity contribution in [3.8, 4) is 0 Å². The molecule has 132 valence electrons. The highest BCUT2D eigenvalue weighted by Gasteiger charge is 2.01. The van der Waals surface area contributed by atoms with E-state index < -0.39 is 0 Å². The summed E-state index contributed by atoms with van der Waals surface area (Å²) in [5, 5.41) is 0.724. The summed E-state index contributed by atoms with van der Waals surface area (Å²) in [5.74, 6) is 0. The molecule has 0 spiro atoms. The van der Waals surface area contributed by atoms with Crippen LogP contribution in [0, 0.1) is 20.8 Å². The zero-order chi connectivity index (χ0) is 18.4. The highest BCUT2D eigenvalue weighted by Crippen LogP contribution is 2.23. The fraction of sp³-hybridized carbons (Fsp3) is 0.263. The van der Waals surface area contributed by atoms with Gasteiger partial charge in [0.25, 0.3) is 0 Å². The number of aliphatic imine (C=N–C) groups is 2. The van der Waals surface area contributed by atoms with Crippen molar-refractivity contribution in [1.82, 2.24) is 8.61 Å². The summed E-state index contributed by atoms with van der Waals surface area (Å²) in [4.78, 5) is 9.03. The number of halogens is 1. The smallest absolute Gasteiger partial charge is 0.102 e. The Labute approximate surface area is 159 Å². The third kappa shape index (κ3) is 6.11. The third-order valence-corrected chi connectivity index (χ3v) is 4.43. The Bertz CT molecular complexity index is 723. The van der Waals surface area contributed by atoms with Gasteiger partial charge < -0.3 is 0 Å². The summed E-state index contributed by atoms with van der Waals surface area (Å²) in [6.45, 7) is 6.15. The molecule has 0 aromatic heterocycles. The SMILES string of the molecule is Cc1ccc(N=CN(C)SN(C)C=Nc2ccc(Cl)cc2C)c(C)c1. The first-order valence-corrected chi connectivity index (χ1v) is 9.01. The van der Waals surface area contributed by atoms with Crippen LogP contribution in [0.25, 0.3) is 0 Å². The average Bonchev–Trinajstić information content (AvgIpc) is 2.53. The summed E-state index contributed by atoms with van der Waals surface area (Å²) in [5.41, 5.74) is 5.34. The molecular formula is C19H23ClN4S.